The van der Waals surface area contributed by atoms with Gasteiger partial charge in [-0.15, -0.1) is 0 Å². The predicted octanol–water partition coefficient (Wildman–Crippen LogP) is 2.97. The Hall–Kier alpha value is -3.49. The molecule has 0 unspecified atom stereocenters. The van der Waals surface area contributed by atoms with Gasteiger partial charge < -0.3 is 9.73 Å². The van der Waals surface area contributed by atoms with E-state index in [1.807, 2.05) is 0 Å². The second kappa shape index (κ2) is 5.72. The van der Waals surface area contributed by atoms with Crippen LogP contribution in [-0.2, 0) is 0 Å². The zero-order valence-electron chi connectivity index (χ0n) is 11.4. The highest BCUT2D eigenvalue weighted by atomic mass is 19.1. The van der Waals surface area contributed by atoms with Gasteiger partial charge in [-0.25, -0.2) is 4.39 Å². The summed E-state index contributed by atoms with van der Waals surface area (Å²) in [5.41, 5.74) is -0.466. The van der Waals surface area contributed by atoms with Crippen molar-refractivity contribution in [3.63, 3.8) is 0 Å². The van der Waals surface area contributed by atoms with Crippen molar-refractivity contribution < 1.29 is 18.5 Å². The summed E-state index contributed by atoms with van der Waals surface area (Å²) in [6.07, 6.45) is 2.37. The number of nitrogens with zero attached hydrogens (tertiary/aromatic N) is 2. The molecule has 3 aromatic rings. The van der Waals surface area contributed by atoms with Crippen molar-refractivity contribution in [2.75, 3.05) is 5.32 Å². The second-order valence-corrected chi connectivity index (χ2v) is 4.51. The molecule has 2 aromatic heterocycles. The molecule has 0 aliphatic carbocycles. The molecule has 3 rings (SSSR count). The molecule has 1 aromatic carbocycles. The first kappa shape index (κ1) is 14.4. The highest BCUT2D eigenvalue weighted by Gasteiger charge is 2.23. The van der Waals surface area contributed by atoms with Gasteiger partial charge in [0.05, 0.1) is 16.9 Å². The first-order valence-corrected chi connectivity index (χ1v) is 6.39. The molecule has 1 amide bonds. The van der Waals surface area contributed by atoms with E-state index < -0.39 is 22.3 Å². The molecule has 0 aliphatic heterocycles. The standard InChI is InChI=1S/C14H9FN4O4/c15-9-6-8(12-2-1-5-23-12)3-4-10(9)17-14(20)13-11(19(21)22)7-16-18-13/h1-7H,(H,16,18)(H,17,20). The number of H-pyrrole nitrogens is 1. The van der Waals surface area contributed by atoms with E-state index in [1.165, 1.54) is 18.4 Å². The first-order valence-electron chi connectivity index (χ1n) is 6.39. The number of aromatic amines is 1. The number of hydrogen-bond acceptors (Lipinski definition) is 5. The Morgan fingerprint density at radius 2 is 2.22 bits per heavy atom. The lowest BCUT2D eigenvalue weighted by Gasteiger charge is -2.06. The van der Waals surface area contributed by atoms with Gasteiger partial charge in [0.15, 0.2) is 0 Å². The SMILES string of the molecule is O=C(Nc1ccc(-c2ccco2)cc1F)c1[nH]ncc1[N+](=O)[O-]. The Labute approximate surface area is 128 Å². The normalized spacial score (nSPS) is 10.5. The van der Waals surface area contributed by atoms with E-state index in [9.17, 15) is 19.3 Å². The monoisotopic (exact) mass is 316 g/mol. The minimum absolute atomic E-state index is 0.116. The van der Waals surface area contributed by atoms with Crippen molar-refractivity contribution in [2.45, 2.75) is 0 Å². The molecule has 0 spiro atoms. The number of hydrogen-bond donors (Lipinski definition) is 2. The van der Waals surface area contributed by atoms with Crippen molar-refractivity contribution in [3.05, 3.63) is 64.4 Å². The number of amides is 1. The van der Waals surface area contributed by atoms with Crippen molar-refractivity contribution >= 4 is 17.3 Å². The lowest BCUT2D eigenvalue weighted by Crippen LogP contribution is -2.15. The van der Waals surface area contributed by atoms with Crippen LogP contribution in [0.4, 0.5) is 15.8 Å². The number of nitro groups is 1. The molecular weight excluding hydrogens is 307 g/mol. The van der Waals surface area contributed by atoms with Crippen LogP contribution in [0.2, 0.25) is 0 Å². The van der Waals surface area contributed by atoms with E-state index in [4.69, 9.17) is 4.42 Å². The van der Waals surface area contributed by atoms with Crippen LogP contribution in [0.25, 0.3) is 11.3 Å². The first-order chi connectivity index (χ1) is 11.1. The second-order valence-electron chi connectivity index (χ2n) is 4.51. The Kier molecular flexibility index (Phi) is 3.59. The lowest BCUT2D eigenvalue weighted by atomic mass is 10.1. The number of carbonyl (C=O) groups excluding carboxylic acids is 1. The van der Waals surface area contributed by atoms with E-state index in [1.54, 1.807) is 18.2 Å². The lowest BCUT2D eigenvalue weighted by molar-refractivity contribution is -0.385. The number of rotatable bonds is 4. The Morgan fingerprint density at radius 3 is 2.87 bits per heavy atom. The van der Waals surface area contributed by atoms with Gasteiger partial charge in [-0.3, -0.25) is 20.0 Å². The van der Waals surface area contributed by atoms with E-state index in [0.717, 1.165) is 6.20 Å². The number of benzene rings is 1. The van der Waals surface area contributed by atoms with Crippen molar-refractivity contribution in [2.24, 2.45) is 0 Å². The summed E-state index contributed by atoms with van der Waals surface area (Å²) < 4.78 is 19.2. The number of nitrogens with one attached hydrogen (secondary N) is 2. The summed E-state index contributed by atoms with van der Waals surface area (Å²) in [5.74, 6) is -1.08. The zero-order chi connectivity index (χ0) is 16.4. The van der Waals surface area contributed by atoms with Gasteiger partial charge in [0, 0.05) is 5.56 Å². The third-order valence-electron chi connectivity index (χ3n) is 3.07. The van der Waals surface area contributed by atoms with Gasteiger partial charge in [0.2, 0.25) is 5.69 Å². The smallest absolute Gasteiger partial charge is 0.319 e. The van der Waals surface area contributed by atoms with Gasteiger partial charge >= 0.3 is 5.69 Å². The maximum absolute atomic E-state index is 14.1. The van der Waals surface area contributed by atoms with Gasteiger partial charge in [0.25, 0.3) is 5.91 Å². The predicted molar refractivity (Wildman–Crippen MR) is 77.3 cm³/mol. The van der Waals surface area contributed by atoms with Crippen molar-refractivity contribution in [1.82, 2.24) is 10.2 Å². The number of carbonyl (C=O) groups is 1. The van der Waals surface area contributed by atoms with E-state index >= 15 is 0 Å². The maximum atomic E-state index is 14.1. The Bertz CT molecular complexity index is 873. The number of furan rings is 1. The van der Waals surface area contributed by atoms with Crippen LogP contribution in [0.1, 0.15) is 10.5 Å². The minimum Gasteiger partial charge on any atom is -0.464 e. The third kappa shape index (κ3) is 2.79. The molecule has 0 saturated carbocycles. The van der Waals surface area contributed by atoms with Crippen LogP contribution >= 0.6 is 0 Å². The van der Waals surface area contributed by atoms with Crippen molar-refractivity contribution in [3.8, 4) is 11.3 Å². The average Bonchev–Trinajstić information content (AvgIpc) is 3.20. The highest BCUT2D eigenvalue weighted by Crippen LogP contribution is 2.25. The third-order valence-corrected chi connectivity index (χ3v) is 3.07. The van der Waals surface area contributed by atoms with Gasteiger partial charge in [-0.1, -0.05) is 0 Å². The fourth-order valence-electron chi connectivity index (χ4n) is 1.98. The summed E-state index contributed by atoms with van der Waals surface area (Å²) in [6.45, 7) is 0. The molecule has 0 bridgehead atoms. The molecule has 23 heavy (non-hydrogen) atoms. The molecular formula is C14H9FN4O4. The Morgan fingerprint density at radius 1 is 1.39 bits per heavy atom. The molecule has 2 N–H and O–H groups in total. The van der Waals surface area contributed by atoms with E-state index in [2.05, 4.69) is 15.5 Å². The summed E-state index contributed by atoms with van der Waals surface area (Å²) in [4.78, 5) is 22.0. The van der Waals surface area contributed by atoms with Gasteiger partial charge in [-0.05, 0) is 30.3 Å². The van der Waals surface area contributed by atoms with Crippen LogP contribution < -0.4 is 5.32 Å². The van der Waals surface area contributed by atoms with Gasteiger partial charge in [-0.2, -0.15) is 5.10 Å². The highest BCUT2D eigenvalue weighted by molar-refractivity contribution is 6.05. The van der Waals surface area contributed by atoms with Crippen LogP contribution in [0.3, 0.4) is 0 Å². The molecule has 0 fully saturated rings. The molecule has 2 heterocycles. The fourth-order valence-corrected chi connectivity index (χ4v) is 1.98. The van der Waals surface area contributed by atoms with Crippen LogP contribution in [0.15, 0.2) is 47.2 Å². The molecule has 0 saturated heterocycles. The molecule has 0 aliphatic rings. The van der Waals surface area contributed by atoms with E-state index in [0.29, 0.717) is 11.3 Å². The average molecular weight is 316 g/mol. The largest absolute Gasteiger partial charge is 0.464 e. The van der Waals surface area contributed by atoms with E-state index in [-0.39, 0.29) is 11.4 Å². The topological polar surface area (TPSA) is 114 Å². The van der Waals surface area contributed by atoms with Crippen LogP contribution in [-0.4, -0.2) is 21.0 Å². The quantitative estimate of drug-likeness (QED) is 0.567. The molecule has 8 nitrogen and oxygen atoms in total. The molecule has 116 valence electrons. The minimum atomic E-state index is -0.862. The Balaban J connectivity index is 1.84. The number of anilines is 1. The summed E-state index contributed by atoms with van der Waals surface area (Å²) >= 11 is 0. The van der Waals surface area contributed by atoms with Gasteiger partial charge in [0.1, 0.15) is 17.8 Å². The van der Waals surface area contributed by atoms with Crippen LogP contribution in [0.5, 0.6) is 0 Å². The van der Waals surface area contributed by atoms with Crippen molar-refractivity contribution in [1.29, 1.82) is 0 Å². The maximum Gasteiger partial charge on any atom is 0.319 e. The number of aromatic nitrogens is 2. The molecule has 0 radical (unpaired) electrons. The van der Waals surface area contributed by atoms with Crippen LogP contribution in [0, 0.1) is 15.9 Å². The molecule has 0 atom stereocenters. The summed E-state index contributed by atoms with van der Waals surface area (Å²) in [5, 5.41) is 18.7. The summed E-state index contributed by atoms with van der Waals surface area (Å²) in [7, 11) is 0. The number of halogens is 1. The summed E-state index contributed by atoms with van der Waals surface area (Å²) in [6, 6.07) is 7.42. The zero-order valence-corrected chi connectivity index (χ0v) is 11.4. The fraction of sp³-hybridized carbons (Fsp3) is 0. The molecule has 9 heteroatoms.